The molecule has 0 saturated carbocycles. The van der Waals surface area contributed by atoms with Crippen LogP contribution in [0.1, 0.15) is 0 Å². The van der Waals surface area contributed by atoms with Crippen LogP contribution in [0.4, 0.5) is 10.1 Å². The highest BCUT2D eigenvalue weighted by Gasteiger charge is 2.16. The minimum atomic E-state index is -3.62. The van der Waals surface area contributed by atoms with Crippen LogP contribution in [0.15, 0.2) is 35.2 Å². The SMILES string of the molecule is CS(=O)(=O)c1ccc(-c2c(Cl)cc(N)cc2Cl)cc1F. The Morgan fingerprint density at radius 2 is 1.65 bits per heavy atom. The summed E-state index contributed by atoms with van der Waals surface area (Å²) in [6, 6.07) is 6.70. The molecule has 106 valence electrons. The molecule has 7 heteroatoms. The lowest BCUT2D eigenvalue weighted by molar-refractivity contribution is 0.571. The molecule has 0 bridgehead atoms. The lowest BCUT2D eigenvalue weighted by Gasteiger charge is -2.10. The highest BCUT2D eigenvalue weighted by Crippen LogP contribution is 2.37. The maximum absolute atomic E-state index is 13.9. The van der Waals surface area contributed by atoms with Crippen LogP contribution in [0.25, 0.3) is 11.1 Å². The van der Waals surface area contributed by atoms with Gasteiger partial charge < -0.3 is 5.73 Å². The Kier molecular flexibility index (Phi) is 3.95. The van der Waals surface area contributed by atoms with E-state index in [4.69, 9.17) is 28.9 Å². The molecular weight excluding hydrogens is 324 g/mol. The van der Waals surface area contributed by atoms with E-state index in [1.54, 1.807) is 0 Å². The van der Waals surface area contributed by atoms with Crippen LogP contribution in [0.3, 0.4) is 0 Å². The summed E-state index contributed by atoms with van der Waals surface area (Å²) in [6.07, 6.45) is 0.939. The number of sulfone groups is 1. The van der Waals surface area contributed by atoms with Gasteiger partial charge in [0.15, 0.2) is 9.84 Å². The summed E-state index contributed by atoms with van der Waals surface area (Å²) in [4.78, 5) is -0.371. The topological polar surface area (TPSA) is 60.2 Å². The molecule has 0 unspecified atom stereocenters. The summed E-state index contributed by atoms with van der Waals surface area (Å²) >= 11 is 12.1. The summed E-state index contributed by atoms with van der Waals surface area (Å²) in [7, 11) is -3.62. The number of rotatable bonds is 2. The van der Waals surface area contributed by atoms with E-state index in [2.05, 4.69) is 0 Å². The average Bonchev–Trinajstić information content (AvgIpc) is 2.25. The number of nitrogen functional groups attached to an aromatic ring is 1. The van der Waals surface area contributed by atoms with E-state index in [9.17, 15) is 12.8 Å². The number of hydrogen-bond donors (Lipinski definition) is 1. The molecule has 0 spiro atoms. The molecule has 0 radical (unpaired) electrons. The Labute approximate surface area is 126 Å². The van der Waals surface area contributed by atoms with Crippen LogP contribution in [0.5, 0.6) is 0 Å². The maximum atomic E-state index is 13.9. The van der Waals surface area contributed by atoms with Crippen molar-refractivity contribution >= 4 is 38.7 Å². The minimum absolute atomic E-state index is 0.265. The molecule has 3 nitrogen and oxygen atoms in total. The zero-order valence-electron chi connectivity index (χ0n) is 10.3. The molecular formula is C13H10Cl2FNO2S. The number of hydrogen-bond acceptors (Lipinski definition) is 3. The van der Waals surface area contributed by atoms with Crippen LogP contribution in [0, 0.1) is 5.82 Å². The monoisotopic (exact) mass is 333 g/mol. The number of halogens is 3. The van der Waals surface area contributed by atoms with E-state index in [0.29, 0.717) is 16.8 Å². The second-order valence-corrected chi connectivity index (χ2v) is 7.08. The number of nitrogens with two attached hydrogens (primary N) is 1. The molecule has 0 amide bonds. The van der Waals surface area contributed by atoms with Gasteiger partial charge in [-0.05, 0) is 29.8 Å². The molecule has 0 atom stereocenters. The predicted octanol–water partition coefficient (Wildman–Crippen LogP) is 3.79. The molecule has 0 aliphatic rings. The third-order valence-electron chi connectivity index (χ3n) is 2.68. The van der Waals surface area contributed by atoms with E-state index in [1.165, 1.54) is 24.3 Å². The molecule has 0 aliphatic heterocycles. The lowest BCUT2D eigenvalue weighted by Crippen LogP contribution is -2.00. The van der Waals surface area contributed by atoms with Gasteiger partial charge in [-0.25, -0.2) is 12.8 Å². The smallest absolute Gasteiger partial charge is 0.178 e. The molecule has 20 heavy (non-hydrogen) atoms. The van der Waals surface area contributed by atoms with E-state index in [-0.39, 0.29) is 14.9 Å². The van der Waals surface area contributed by atoms with Gasteiger partial charge in [-0.1, -0.05) is 29.3 Å². The number of benzene rings is 2. The fourth-order valence-electron chi connectivity index (χ4n) is 1.83. The normalized spacial score (nSPS) is 11.6. The van der Waals surface area contributed by atoms with E-state index < -0.39 is 15.7 Å². The molecule has 0 heterocycles. The second-order valence-electron chi connectivity index (χ2n) is 4.28. The van der Waals surface area contributed by atoms with Crippen LogP contribution in [0.2, 0.25) is 10.0 Å². The lowest BCUT2D eigenvalue weighted by atomic mass is 10.0. The van der Waals surface area contributed by atoms with Crippen molar-refractivity contribution in [2.75, 3.05) is 12.0 Å². The van der Waals surface area contributed by atoms with Crippen molar-refractivity contribution in [3.05, 3.63) is 46.2 Å². The van der Waals surface area contributed by atoms with Crippen molar-refractivity contribution < 1.29 is 12.8 Å². The maximum Gasteiger partial charge on any atom is 0.178 e. The third-order valence-corrected chi connectivity index (χ3v) is 4.41. The second kappa shape index (κ2) is 5.24. The van der Waals surface area contributed by atoms with Gasteiger partial charge in [0.25, 0.3) is 0 Å². The van der Waals surface area contributed by atoms with Gasteiger partial charge in [0, 0.05) is 17.5 Å². The van der Waals surface area contributed by atoms with Gasteiger partial charge in [-0.15, -0.1) is 0 Å². The Morgan fingerprint density at radius 3 is 2.10 bits per heavy atom. The van der Waals surface area contributed by atoms with Crippen molar-refractivity contribution in [3.63, 3.8) is 0 Å². The predicted molar refractivity (Wildman–Crippen MR) is 79.4 cm³/mol. The van der Waals surface area contributed by atoms with Crippen molar-refractivity contribution in [1.29, 1.82) is 0 Å². The fourth-order valence-corrected chi connectivity index (χ4v) is 3.28. The zero-order valence-corrected chi connectivity index (χ0v) is 12.7. The van der Waals surface area contributed by atoms with Crippen molar-refractivity contribution in [2.45, 2.75) is 4.90 Å². The Hall–Kier alpha value is -1.30. The average molecular weight is 334 g/mol. The molecule has 2 N–H and O–H groups in total. The van der Waals surface area contributed by atoms with Crippen molar-refractivity contribution in [3.8, 4) is 11.1 Å². The highest BCUT2D eigenvalue weighted by molar-refractivity contribution is 7.90. The Morgan fingerprint density at radius 1 is 1.10 bits per heavy atom. The van der Waals surface area contributed by atoms with Crippen LogP contribution in [-0.4, -0.2) is 14.7 Å². The molecule has 0 aromatic heterocycles. The highest BCUT2D eigenvalue weighted by atomic mass is 35.5. The summed E-state index contributed by atoms with van der Waals surface area (Å²) in [5, 5.41) is 0.531. The first-order valence-electron chi connectivity index (χ1n) is 5.44. The molecule has 2 rings (SSSR count). The molecule has 0 aliphatic carbocycles. The molecule has 0 fully saturated rings. The molecule has 2 aromatic carbocycles. The minimum Gasteiger partial charge on any atom is -0.399 e. The van der Waals surface area contributed by atoms with Gasteiger partial charge in [0.05, 0.1) is 10.0 Å². The van der Waals surface area contributed by atoms with E-state index >= 15 is 0 Å². The summed E-state index contributed by atoms with van der Waals surface area (Å²) in [6.45, 7) is 0. The van der Waals surface area contributed by atoms with Gasteiger partial charge in [-0.2, -0.15) is 0 Å². The fraction of sp³-hybridized carbons (Fsp3) is 0.0769. The van der Waals surface area contributed by atoms with Crippen molar-refractivity contribution in [1.82, 2.24) is 0 Å². The van der Waals surface area contributed by atoms with Gasteiger partial charge >= 0.3 is 0 Å². The quantitative estimate of drug-likeness (QED) is 0.850. The van der Waals surface area contributed by atoms with Crippen LogP contribution in [-0.2, 0) is 9.84 Å². The van der Waals surface area contributed by atoms with E-state index in [0.717, 1.165) is 12.3 Å². The first kappa shape index (κ1) is 15.1. The standard InChI is InChI=1S/C13H10Cl2FNO2S/c1-20(18,19)12-3-2-7(4-11(12)16)13-9(14)5-8(17)6-10(13)15/h2-6H,17H2,1H3. The van der Waals surface area contributed by atoms with E-state index in [1.807, 2.05) is 0 Å². The summed E-state index contributed by atoms with van der Waals surface area (Å²) in [5.74, 6) is -0.853. The first-order chi connectivity index (χ1) is 9.20. The zero-order chi connectivity index (χ0) is 15.1. The molecule has 0 saturated heterocycles. The number of anilines is 1. The third kappa shape index (κ3) is 2.90. The van der Waals surface area contributed by atoms with Gasteiger partial charge in [0.1, 0.15) is 10.7 Å². The first-order valence-corrected chi connectivity index (χ1v) is 8.09. The van der Waals surface area contributed by atoms with Crippen LogP contribution < -0.4 is 5.73 Å². The Bertz CT molecular complexity index is 768. The summed E-state index contributed by atoms with van der Waals surface area (Å²) < 4.78 is 36.6. The van der Waals surface area contributed by atoms with Gasteiger partial charge in [0.2, 0.25) is 0 Å². The van der Waals surface area contributed by atoms with Crippen LogP contribution >= 0.6 is 23.2 Å². The summed E-state index contributed by atoms with van der Waals surface area (Å²) in [5.41, 5.74) is 6.77. The van der Waals surface area contributed by atoms with Crippen molar-refractivity contribution in [2.24, 2.45) is 0 Å². The molecule has 2 aromatic rings. The largest absolute Gasteiger partial charge is 0.399 e. The Balaban J connectivity index is 2.65. The van der Waals surface area contributed by atoms with Gasteiger partial charge in [-0.3, -0.25) is 0 Å².